The Bertz CT molecular complexity index is 480. The van der Waals surface area contributed by atoms with Gasteiger partial charge in [-0.15, -0.1) is 13.2 Å². The lowest BCUT2D eigenvalue weighted by atomic mass is 10.1. The predicted molar refractivity (Wildman–Crippen MR) is 52.4 cm³/mol. The van der Waals surface area contributed by atoms with Crippen LogP contribution in [0.2, 0.25) is 0 Å². The van der Waals surface area contributed by atoms with Crippen molar-refractivity contribution in [1.82, 2.24) is 0 Å². The normalized spacial score (nSPS) is 12.2. The van der Waals surface area contributed by atoms with E-state index in [1.165, 1.54) is 0 Å². The maximum Gasteiger partial charge on any atom is 0.573 e. The number of hydrogen-bond donors (Lipinski definition) is 1. The lowest BCUT2D eigenvalue weighted by Gasteiger charge is -2.15. The van der Waals surface area contributed by atoms with E-state index in [0.717, 1.165) is 6.92 Å². The Morgan fingerprint density at radius 2 is 1.74 bits per heavy atom. The second-order valence-corrected chi connectivity index (χ2v) is 3.43. The molecule has 0 radical (unpaired) electrons. The summed E-state index contributed by atoms with van der Waals surface area (Å²) in [5, 5.41) is 1.87. The molecule has 1 aromatic rings. The summed E-state index contributed by atoms with van der Waals surface area (Å²) < 4.78 is 77.0. The number of halogens is 6. The fourth-order valence-electron chi connectivity index (χ4n) is 1.25. The van der Waals surface area contributed by atoms with Crippen molar-refractivity contribution in [2.45, 2.75) is 19.5 Å². The third-order valence-electron chi connectivity index (χ3n) is 1.84. The van der Waals surface area contributed by atoms with E-state index in [1.54, 1.807) is 0 Å². The van der Waals surface area contributed by atoms with E-state index in [4.69, 9.17) is 0 Å². The lowest BCUT2D eigenvalue weighted by Crippen LogP contribution is -2.19. The van der Waals surface area contributed by atoms with Crippen LogP contribution in [0.25, 0.3) is 0 Å². The molecule has 3 nitrogen and oxygen atoms in total. The van der Waals surface area contributed by atoms with E-state index in [2.05, 4.69) is 4.74 Å². The van der Waals surface area contributed by atoms with Crippen LogP contribution in [-0.2, 0) is 11.0 Å². The second kappa shape index (κ2) is 4.98. The average Bonchev–Trinajstić information content (AvgIpc) is 2.15. The molecular weight excluding hydrogens is 280 g/mol. The van der Waals surface area contributed by atoms with E-state index >= 15 is 0 Å². The fourth-order valence-corrected chi connectivity index (χ4v) is 1.25. The number of alkyl halides is 6. The highest BCUT2D eigenvalue weighted by Gasteiger charge is 2.36. The van der Waals surface area contributed by atoms with Crippen molar-refractivity contribution < 1.29 is 35.9 Å². The topological polar surface area (TPSA) is 38.3 Å². The van der Waals surface area contributed by atoms with Gasteiger partial charge in [0.05, 0.1) is 11.3 Å². The number of anilines is 1. The number of amides is 1. The standard InChI is InChI=1S/C10H7F6NO2/c1-5(18)17-8-3-2-6(19-10(14,15)16)4-7(8)9(11,12)13/h2-4H,1H3,(H,17,18). The molecule has 1 amide bonds. The van der Waals surface area contributed by atoms with Crippen molar-refractivity contribution in [3.63, 3.8) is 0 Å². The van der Waals surface area contributed by atoms with Crippen molar-refractivity contribution in [3.05, 3.63) is 23.8 Å². The van der Waals surface area contributed by atoms with E-state index in [-0.39, 0.29) is 6.07 Å². The molecule has 0 saturated heterocycles. The Hall–Kier alpha value is -1.93. The predicted octanol–water partition coefficient (Wildman–Crippen LogP) is 3.56. The van der Waals surface area contributed by atoms with Gasteiger partial charge in [0.25, 0.3) is 0 Å². The number of carbonyl (C=O) groups is 1. The van der Waals surface area contributed by atoms with Crippen LogP contribution in [0.1, 0.15) is 12.5 Å². The molecular formula is C10H7F6NO2. The molecule has 0 bridgehead atoms. The molecule has 0 aliphatic heterocycles. The van der Waals surface area contributed by atoms with Crippen molar-refractivity contribution in [3.8, 4) is 5.75 Å². The Balaban J connectivity index is 3.19. The van der Waals surface area contributed by atoms with Crippen LogP contribution in [-0.4, -0.2) is 12.3 Å². The van der Waals surface area contributed by atoms with Crippen LogP contribution >= 0.6 is 0 Å². The van der Waals surface area contributed by atoms with Gasteiger partial charge in [-0.2, -0.15) is 13.2 Å². The third-order valence-corrected chi connectivity index (χ3v) is 1.84. The van der Waals surface area contributed by atoms with Gasteiger partial charge < -0.3 is 10.1 Å². The molecule has 1 aromatic carbocycles. The molecule has 0 atom stereocenters. The van der Waals surface area contributed by atoms with Crippen LogP contribution in [0.4, 0.5) is 32.0 Å². The summed E-state index contributed by atoms with van der Waals surface area (Å²) in [7, 11) is 0. The van der Waals surface area contributed by atoms with Gasteiger partial charge in [0.1, 0.15) is 5.75 Å². The average molecular weight is 287 g/mol. The van der Waals surface area contributed by atoms with E-state index in [9.17, 15) is 31.1 Å². The van der Waals surface area contributed by atoms with E-state index in [0.29, 0.717) is 12.1 Å². The molecule has 0 aliphatic rings. The molecule has 0 aromatic heterocycles. The Labute approximate surface area is 103 Å². The van der Waals surface area contributed by atoms with Gasteiger partial charge >= 0.3 is 12.5 Å². The molecule has 106 valence electrons. The molecule has 1 rings (SSSR count). The van der Waals surface area contributed by atoms with Crippen molar-refractivity contribution >= 4 is 11.6 Å². The summed E-state index contributed by atoms with van der Waals surface area (Å²) in [5.41, 5.74) is -2.07. The molecule has 0 unspecified atom stereocenters. The monoisotopic (exact) mass is 287 g/mol. The Morgan fingerprint density at radius 3 is 2.16 bits per heavy atom. The minimum absolute atomic E-state index is 0.165. The summed E-state index contributed by atoms with van der Waals surface area (Å²) in [4.78, 5) is 10.7. The van der Waals surface area contributed by atoms with E-state index < -0.39 is 35.4 Å². The lowest BCUT2D eigenvalue weighted by molar-refractivity contribution is -0.274. The van der Waals surface area contributed by atoms with Crippen LogP contribution in [0.3, 0.4) is 0 Å². The number of nitrogens with one attached hydrogen (secondary N) is 1. The smallest absolute Gasteiger partial charge is 0.406 e. The molecule has 1 N–H and O–H groups in total. The van der Waals surface area contributed by atoms with Crippen molar-refractivity contribution in [2.24, 2.45) is 0 Å². The van der Waals surface area contributed by atoms with Gasteiger partial charge in [0.15, 0.2) is 0 Å². The Kier molecular flexibility index (Phi) is 3.97. The first kappa shape index (κ1) is 15.1. The maximum atomic E-state index is 12.6. The molecule has 19 heavy (non-hydrogen) atoms. The molecule has 0 heterocycles. The Morgan fingerprint density at radius 1 is 1.16 bits per heavy atom. The van der Waals surface area contributed by atoms with Crippen molar-refractivity contribution in [2.75, 3.05) is 5.32 Å². The highest BCUT2D eigenvalue weighted by molar-refractivity contribution is 5.89. The number of benzene rings is 1. The van der Waals surface area contributed by atoms with Gasteiger partial charge in [-0.05, 0) is 18.2 Å². The zero-order valence-electron chi connectivity index (χ0n) is 9.32. The van der Waals surface area contributed by atoms with Crippen LogP contribution in [0.5, 0.6) is 5.75 Å². The summed E-state index contributed by atoms with van der Waals surface area (Å²) in [6, 6.07) is 1.53. The molecule has 0 fully saturated rings. The van der Waals surface area contributed by atoms with Crippen molar-refractivity contribution in [1.29, 1.82) is 0 Å². The van der Waals surface area contributed by atoms with Gasteiger partial charge in [0, 0.05) is 6.92 Å². The minimum atomic E-state index is -5.10. The molecule has 0 aliphatic carbocycles. The first-order valence-electron chi connectivity index (χ1n) is 4.73. The fraction of sp³-hybridized carbons (Fsp3) is 0.300. The highest BCUT2D eigenvalue weighted by atomic mass is 19.4. The zero-order chi connectivity index (χ0) is 14.8. The molecule has 0 saturated carbocycles. The first-order chi connectivity index (χ1) is 8.49. The van der Waals surface area contributed by atoms with Gasteiger partial charge in [-0.25, -0.2) is 0 Å². The van der Waals surface area contributed by atoms with Crippen LogP contribution < -0.4 is 10.1 Å². The van der Waals surface area contributed by atoms with Crippen LogP contribution in [0.15, 0.2) is 18.2 Å². The first-order valence-corrected chi connectivity index (χ1v) is 4.73. The summed E-state index contributed by atoms with van der Waals surface area (Å²) in [6.45, 7) is 0.972. The largest absolute Gasteiger partial charge is 0.573 e. The van der Waals surface area contributed by atoms with E-state index in [1.807, 2.05) is 5.32 Å². The second-order valence-electron chi connectivity index (χ2n) is 3.43. The van der Waals surface area contributed by atoms with Gasteiger partial charge in [-0.3, -0.25) is 4.79 Å². The SMILES string of the molecule is CC(=O)Nc1ccc(OC(F)(F)F)cc1C(F)(F)F. The number of ether oxygens (including phenoxy) is 1. The van der Waals surface area contributed by atoms with Crippen LogP contribution in [0, 0.1) is 0 Å². The molecule has 9 heteroatoms. The quantitative estimate of drug-likeness (QED) is 0.845. The number of rotatable bonds is 2. The minimum Gasteiger partial charge on any atom is -0.406 e. The summed E-state index contributed by atoms with van der Waals surface area (Å²) >= 11 is 0. The number of hydrogen-bond acceptors (Lipinski definition) is 2. The molecule has 0 spiro atoms. The van der Waals surface area contributed by atoms with Gasteiger partial charge in [0.2, 0.25) is 5.91 Å². The zero-order valence-corrected chi connectivity index (χ0v) is 9.32. The number of carbonyl (C=O) groups excluding carboxylic acids is 1. The highest BCUT2D eigenvalue weighted by Crippen LogP contribution is 2.38. The summed E-state index contributed by atoms with van der Waals surface area (Å²) in [6.07, 6.45) is -10.0. The van der Waals surface area contributed by atoms with Gasteiger partial charge in [-0.1, -0.05) is 0 Å². The maximum absolute atomic E-state index is 12.6. The third kappa shape index (κ3) is 4.68. The summed E-state index contributed by atoms with van der Waals surface area (Å²) in [5.74, 6) is -1.80.